The number of nitriles is 1. The summed E-state index contributed by atoms with van der Waals surface area (Å²) in [5.74, 6) is -0.834. The van der Waals surface area contributed by atoms with Crippen LogP contribution in [0.1, 0.15) is 22.4 Å². The van der Waals surface area contributed by atoms with Gasteiger partial charge >= 0.3 is 0 Å². The third-order valence-electron chi connectivity index (χ3n) is 5.68. The molecule has 0 bridgehead atoms. The van der Waals surface area contributed by atoms with E-state index in [9.17, 15) is 14.4 Å². The maximum Gasteiger partial charge on any atom is 0.248 e. The first-order valence-corrected chi connectivity index (χ1v) is 9.28. The van der Waals surface area contributed by atoms with Crippen molar-refractivity contribution in [3.63, 3.8) is 0 Å². The largest absolute Gasteiger partial charge is 0.420 e. The Labute approximate surface area is 171 Å². The first-order valence-electron chi connectivity index (χ1n) is 9.28. The molecule has 2 aliphatic rings. The lowest BCUT2D eigenvalue weighted by atomic mass is 9.69. The van der Waals surface area contributed by atoms with E-state index in [0.717, 1.165) is 0 Å². The molecule has 7 nitrogen and oxygen atoms in total. The Kier molecular flexibility index (Phi) is 3.70. The van der Waals surface area contributed by atoms with Gasteiger partial charge in [-0.25, -0.2) is 4.39 Å². The van der Waals surface area contributed by atoms with Crippen molar-refractivity contribution < 1.29 is 13.9 Å². The first kappa shape index (κ1) is 17.9. The zero-order valence-electron chi connectivity index (χ0n) is 15.9. The van der Waals surface area contributed by atoms with Crippen LogP contribution in [0.4, 0.5) is 10.1 Å². The summed E-state index contributed by atoms with van der Waals surface area (Å²) in [6.07, 6.45) is 0. The molecule has 3 heterocycles. The average Bonchev–Trinajstić information content (AvgIpc) is 3.22. The standard InChI is InChI=1S/C22H16FN5O2/c1-12-18-20(27-26-12)30-19(25)15(10-24)22(18)14-7-3-5-9-17(14)28(21(22)29)11-13-6-2-4-8-16(13)23/h2-9H,11,25H2,1H3,(H,26,27)/t22-/m1/s1. The van der Waals surface area contributed by atoms with Crippen LogP contribution in [0, 0.1) is 24.1 Å². The normalized spacial score (nSPS) is 19.5. The fourth-order valence-corrected chi connectivity index (χ4v) is 4.42. The van der Waals surface area contributed by atoms with Gasteiger partial charge in [0.05, 0.1) is 12.1 Å². The van der Waals surface area contributed by atoms with Crippen LogP contribution >= 0.6 is 0 Å². The van der Waals surface area contributed by atoms with Gasteiger partial charge < -0.3 is 15.4 Å². The van der Waals surface area contributed by atoms with Crippen LogP contribution in [0.25, 0.3) is 0 Å². The zero-order valence-corrected chi connectivity index (χ0v) is 15.9. The van der Waals surface area contributed by atoms with Gasteiger partial charge in [-0.05, 0) is 19.1 Å². The summed E-state index contributed by atoms with van der Waals surface area (Å²) < 4.78 is 19.9. The number of fused-ring (bicyclic) bond motifs is 4. The molecule has 0 saturated carbocycles. The van der Waals surface area contributed by atoms with Crippen LogP contribution in [0.15, 0.2) is 60.0 Å². The van der Waals surface area contributed by atoms with Crippen molar-refractivity contribution in [2.45, 2.75) is 18.9 Å². The van der Waals surface area contributed by atoms with E-state index >= 15 is 0 Å². The van der Waals surface area contributed by atoms with E-state index in [4.69, 9.17) is 10.5 Å². The number of aromatic nitrogens is 2. The highest BCUT2D eigenvalue weighted by Gasteiger charge is 2.60. The number of nitrogens with zero attached hydrogens (tertiary/aromatic N) is 3. The SMILES string of the molecule is Cc1[nH]nc2c1[C@]1(C(=O)N(Cc3ccccc3F)c3ccccc31)C(C#N)=C(N)O2. The number of carbonyl (C=O) groups is 1. The second kappa shape index (κ2) is 6.19. The number of aromatic amines is 1. The number of nitrogens with two attached hydrogens (primary N) is 1. The van der Waals surface area contributed by atoms with Crippen LogP contribution < -0.4 is 15.4 Å². The molecule has 30 heavy (non-hydrogen) atoms. The molecule has 1 spiro atoms. The maximum atomic E-state index is 14.4. The molecule has 1 amide bonds. The highest BCUT2D eigenvalue weighted by atomic mass is 19.1. The Morgan fingerprint density at radius 1 is 1.27 bits per heavy atom. The van der Waals surface area contributed by atoms with Crippen molar-refractivity contribution in [2.24, 2.45) is 5.73 Å². The number of nitrogens with one attached hydrogen (secondary N) is 1. The lowest BCUT2D eigenvalue weighted by Crippen LogP contribution is -2.46. The zero-order chi connectivity index (χ0) is 21.0. The molecular weight excluding hydrogens is 385 g/mol. The van der Waals surface area contributed by atoms with E-state index < -0.39 is 17.1 Å². The third kappa shape index (κ3) is 2.12. The van der Waals surface area contributed by atoms with Crippen LogP contribution in [-0.2, 0) is 16.8 Å². The first-order chi connectivity index (χ1) is 14.5. The van der Waals surface area contributed by atoms with E-state index in [-0.39, 0.29) is 23.9 Å². The number of benzene rings is 2. The Hall–Kier alpha value is -4.12. The average molecular weight is 401 g/mol. The molecule has 2 aromatic carbocycles. The number of H-pyrrole nitrogens is 1. The van der Waals surface area contributed by atoms with E-state index in [1.54, 1.807) is 49.4 Å². The Bertz CT molecular complexity index is 1290. The van der Waals surface area contributed by atoms with Crippen LogP contribution in [0.2, 0.25) is 0 Å². The summed E-state index contributed by atoms with van der Waals surface area (Å²) in [6, 6.07) is 15.5. The molecule has 0 fully saturated rings. The smallest absolute Gasteiger partial charge is 0.248 e. The van der Waals surface area contributed by atoms with Gasteiger partial charge in [0.15, 0.2) is 0 Å². The van der Waals surface area contributed by atoms with Crippen molar-refractivity contribution in [3.05, 3.63) is 88.2 Å². The van der Waals surface area contributed by atoms with E-state index in [0.29, 0.717) is 28.1 Å². The fourth-order valence-electron chi connectivity index (χ4n) is 4.42. The molecule has 0 saturated heterocycles. The molecule has 3 N–H and O–H groups in total. The van der Waals surface area contributed by atoms with Crippen LogP contribution in [0.5, 0.6) is 5.88 Å². The predicted molar refractivity (Wildman–Crippen MR) is 106 cm³/mol. The molecular formula is C22H16FN5O2. The number of anilines is 1. The van der Waals surface area contributed by atoms with Crippen molar-refractivity contribution in [2.75, 3.05) is 4.90 Å². The number of amides is 1. The summed E-state index contributed by atoms with van der Waals surface area (Å²) in [7, 11) is 0. The fraction of sp³-hybridized carbons (Fsp3) is 0.136. The van der Waals surface area contributed by atoms with Crippen LogP contribution in [0.3, 0.4) is 0 Å². The predicted octanol–water partition coefficient (Wildman–Crippen LogP) is 2.78. The molecule has 0 aliphatic carbocycles. The molecule has 148 valence electrons. The van der Waals surface area contributed by atoms with Gasteiger partial charge in [-0.15, -0.1) is 5.10 Å². The summed E-state index contributed by atoms with van der Waals surface area (Å²) in [4.78, 5) is 15.5. The molecule has 5 rings (SSSR count). The molecule has 1 atom stereocenters. The summed E-state index contributed by atoms with van der Waals surface area (Å²) in [5, 5.41) is 16.9. The van der Waals surface area contributed by atoms with Gasteiger partial charge in [-0.1, -0.05) is 36.4 Å². The van der Waals surface area contributed by atoms with E-state index in [1.165, 1.54) is 11.0 Å². The molecule has 3 aromatic rings. The topological polar surface area (TPSA) is 108 Å². The van der Waals surface area contributed by atoms with Crippen LogP contribution in [-0.4, -0.2) is 16.1 Å². The monoisotopic (exact) mass is 401 g/mol. The maximum absolute atomic E-state index is 14.4. The minimum absolute atomic E-state index is 0.00650. The molecule has 1 aromatic heterocycles. The number of aryl methyl sites for hydroxylation is 1. The van der Waals surface area contributed by atoms with Gasteiger partial charge in [-0.2, -0.15) is 5.26 Å². The minimum atomic E-state index is -1.51. The Morgan fingerprint density at radius 3 is 2.77 bits per heavy atom. The van der Waals surface area contributed by atoms with Gasteiger partial charge in [0.2, 0.25) is 17.7 Å². The number of rotatable bonds is 2. The third-order valence-corrected chi connectivity index (χ3v) is 5.68. The van der Waals surface area contributed by atoms with E-state index in [1.807, 2.05) is 0 Å². The number of carbonyl (C=O) groups excluding carboxylic acids is 1. The Balaban J connectivity index is 1.80. The molecule has 8 heteroatoms. The van der Waals surface area contributed by atoms with Gasteiger partial charge in [0.25, 0.3) is 0 Å². The molecule has 0 radical (unpaired) electrons. The lowest BCUT2D eigenvalue weighted by molar-refractivity contribution is -0.121. The van der Waals surface area contributed by atoms with Gasteiger partial charge in [0, 0.05) is 22.5 Å². The van der Waals surface area contributed by atoms with Crippen molar-refractivity contribution in [1.82, 2.24) is 10.2 Å². The second-order valence-electron chi connectivity index (χ2n) is 7.23. The number of hydrogen-bond donors (Lipinski definition) is 2. The number of para-hydroxylation sites is 1. The number of hydrogen-bond acceptors (Lipinski definition) is 5. The summed E-state index contributed by atoms with van der Waals surface area (Å²) in [5.41, 5.74) is 7.11. The van der Waals surface area contributed by atoms with Crippen molar-refractivity contribution in [1.29, 1.82) is 5.26 Å². The number of ether oxygens (including phenoxy) is 1. The summed E-state index contributed by atoms with van der Waals surface area (Å²) >= 11 is 0. The highest BCUT2D eigenvalue weighted by molar-refractivity contribution is 6.14. The van der Waals surface area contributed by atoms with Crippen molar-refractivity contribution in [3.8, 4) is 11.9 Å². The highest BCUT2D eigenvalue weighted by Crippen LogP contribution is 2.55. The van der Waals surface area contributed by atoms with Gasteiger partial charge in [-0.3, -0.25) is 9.89 Å². The lowest BCUT2D eigenvalue weighted by Gasteiger charge is -2.32. The second-order valence-corrected chi connectivity index (χ2v) is 7.23. The van der Waals surface area contributed by atoms with Crippen molar-refractivity contribution >= 4 is 11.6 Å². The number of halogens is 1. The van der Waals surface area contributed by atoms with Gasteiger partial charge in [0.1, 0.15) is 22.9 Å². The minimum Gasteiger partial charge on any atom is -0.420 e. The summed E-state index contributed by atoms with van der Waals surface area (Å²) in [6.45, 7) is 1.76. The quantitative estimate of drug-likeness (QED) is 0.687. The Morgan fingerprint density at radius 2 is 2.00 bits per heavy atom. The van der Waals surface area contributed by atoms with E-state index in [2.05, 4.69) is 16.3 Å². The molecule has 0 unspecified atom stereocenters. The molecule has 2 aliphatic heterocycles.